The molecule has 0 aromatic heterocycles. The highest BCUT2D eigenvalue weighted by atomic mass is 16.3. The average Bonchev–Trinajstić information content (AvgIpc) is 3.03. The number of allylic oxidation sites excluding steroid dienone is 1. The van der Waals surface area contributed by atoms with Crippen LogP contribution in [0, 0.1) is 34.0 Å². The molecule has 3 saturated carbocycles. The number of rotatable bonds is 3. The topological polar surface area (TPSA) is 37.3 Å². The van der Waals surface area contributed by atoms with Crippen LogP contribution >= 0.6 is 0 Å². The lowest BCUT2D eigenvalue weighted by Crippen LogP contribution is -2.54. The van der Waals surface area contributed by atoms with E-state index in [4.69, 9.17) is 0 Å². The molecule has 1 unspecified atom stereocenters. The number of aliphatic hydroxyl groups is 1. The van der Waals surface area contributed by atoms with E-state index in [1.807, 2.05) is 6.92 Å². The van der Waals surface area contributed by atoms with Gasteiger partial charge in [0.2, 0.25) is 0 Å². The van der Waals surface area contributed by atoms with Gasteiger partial charge in [0, 0.05) is 5.41 Å². The highest BCUT2D eigenvalue weighted by Crippen LogP contribution is 2.70. The molecule has 4 aliphatic rings. The van der Waals surface area contributed by atoms with Crippen molar-refractivity contribution in [3.8, 4) is 0 Å². The van der Waals surface area contributed by atoms with Crippen LogP contribution in [0.4, 0.5) is 0 Å². The van der Waals surface area contributed by atoms with Gasteiger partial charge >= 0.3 is 0 Å². The van der Waals surface area contributed by atoms with Crippen molar-refractivity contribution in [3.63, 3.8) is 0 Å². The Bertz CT molecular complexity index is 857. The van der Waals surface area contributed by atoms with E-state index in [9.17, 15) is 9.90 Å². The van der Waals surface area contributed by atoms with Crippen LogP contribution < -0.4 is 0 Å². The zero-order valence-corrected chi connectivity index (χ0v) is 19.0. The fourth-order valence-corrected chi connectivity index (χ4v) is 8.71. The quantitative estimate of drug-likeness (QED) is 0.613. The number of hydrogen-bond donors (Lipinski definition) is 1. The minimum Gasteiger partial charge on any atom is -0.393 e. The molecular formula is C28H38O2. The molecule has 0 spiro atoms. The molecule has 2 nitrogen and oxygen atoms in total. The predicted octanol–water partition coefficient (Wildman–Crippen LogP) is 6.13. The molecule has 3 fully saturated rings. The van der Waals surface area contributed by atoms with Crippen molar-refractivity contribution in [2.75, 3.05) is 0 Å². The number of fused-ring (bicyclic) bond motifs is 5. The Labute approximate surface area is 182 Å². The molecular weight excluding hydrogens is 368 g/mol. The minimum absolute atomic E-state index is 0.103. The fourth-order valence-electron chi connectivity index (χ4n) is 8.71. The van der Waals surface area contributed by atoms with Crippen molar-refractivity contribution in [1.29, 1.82) is 0 Å². The maximum absolute atomic E-state index is 13.3. The Balaban J connectivity index is 1.50. The molecule has 0 bridgehead atoms. The molecule has 0 saturated heterocycles. The number of ketones is 1. The third kappa shape index (κ3) is 2.75. The molecule has 7 atom stereocenters. The van der Waals surface area contributed by atoms with E-state index in [-0.39, 0.29) is 22.3 Å². The van der Waals surface area contributed by atoms with Crippen LogP contribution in [0.1, 0.15) is 77.7 Å². The highest BCUT2D eigenvalue weighted by molar-refractivity contribution is 5.84. The first-order valence-corrected chi connectivity index (χ1v) is 12.2. The maximum atomic E-state index is 13.3. The lowest BCUT2D eigenvalue weighted by atomic mass is 9.45. The van der Waals surface area contributed by atoms with Crippen LogP contribution in [-0.4, -0.2) is 17.0 Å². The summed E-state index contributed by atoms with van der Waals surface area (Å²) in [6.07, 6.45) is 12.0. The van der Waals surface area contributed by atoms with E-state index < -0.39 is 0 Å². The van der Waals surface area contributed by atoms with Gasteiger partial charge in [-0.15, -0.1) is 0 Å². The van der Waals surface area contributed by atoms with Crippen LogP contribution in [0.15, 0.2) is 42.0 Å². The Morgan fingerprint density at radius 1 is 1.03 bits per heavy atom. The normalized spacial score (nSPS) is 45.1. The van der Waals surface area contributed by atoms with Gasteiger partial charge in [-0.1, -0.05) is 55.8 Å². The van der Waals surface area contributed by atoms with Gasteiger partial charge in [-0.2, -0.15) is 0 Å². The standard InChI is InChI=1S/C28H38O2/c1-19(29)28(18-20-7-5-4-6-8-20)16-13-25-23-10-9-21-17-22(30)11-14-26(21,2)24(23)12-15-27(25,28)3/h4-9,22-25,30H,10-18H2,1-3H3/t22?,23-,24+,25+,26+,27+,28+/m1/s1. The lowest BCUT2D eigenvalue weighted by Gasteiger charge is -2.59. The van der Waals surface area contributed by atoms with Gasteiger partial charge in [-0.25, -0.2) is 0 Å². The zero-order chi connectivity index (χ0) is 21.1. The molecule has 0 amide bonds. The Morgan fingerprint density at radius 2 is 1.77 bits per heavy atom. The zero-order valence-electron chi connectivity index (χ0n) is 19.0. The summed E-state index contributed by atoms with van der Waals surface area (Å²) in [4.78, 5) is 13.3. The molecule has 0 aliphatic heterocycles. The summed E-state index contributed by atoms with van der Waals surface area (Å²) >= 11 is 0. The van der Waals surface area contributed by atoms with Crippen LogP contribution in [0.25, 0.3) is 0 Å². The molecule has 0 heterocycles. The summed E-state index contributed by atoms with van der Waals surface area (Å²) in [6.45, 7) is 6.82. The summed E-state index contributed by atoms with van der Waals surface area (Å²) in [5.74, 6) is 2.48. The van der Waals surface area contributed by atoms with E-state index in [2.05, 4.69) is 50.3 Å². The number of carbonyl (C=O) groups is 1. The summed E-state index contributed by atoms with van der Waals surface area (Å²) < 4.78 is 0. The third-order valence-electron chi connectivity index (χ3n) is 10.5. The van der Waals surface area contributed by atoms with Crippen LogP contribution in [0.2, 0.25) is 0 Å². The van der Waals surface area contributed by atoms with Crippen molar-refractivity contribution < 1.29 is 9.90 Å². The van der Waals surface area contributed by atoms with Gasteiger partial charge in [0.15, 0.2) is 0 Å². The van der Waals surface area contributed by atoms with E-state index in [0.29, 0.717) is 17.6 Å². The van der Waals surface area contributed by atoms with E-state index in [1.54, 1.807) is 0 Å². The molecule has 1 N–H and O–H groups in total. The molecule has 2 heteroatoms. The predicted molar refractivity (Wildman–Crippen MR) is 121 cm³/mol. The van der Waals surface area contributed by atoms with E-state index in [0.717, 1.165) is 44.4 Å². The number of aliphatic hydroxyl groups excluding tert-OH is 1. The number of Topliss-reactive ketones (excluding diaryl/α,β-unsaturated/α-hetero) is 1. The second-order valence-corrected chi connectivity index (χ2v) is 11.5. The second-order valence-electron chi connectivity index (χ2n) is 11.5. The summed E-state index contributed by atoms with van der Waals surface area (Å²) in [7, 11) is 0. The van der Waals surface area contributed by atoms with E-state index >= 15 is 0 Å². The van der Waals surface area contributed by atoms with Crippen molar-refractivity contribution in [1.82, 2.24) is 0 Å². The number of hydrogen-bond acceptors (Lipinski definition) is 2. The van der Waals surface area contributed by atoms with Gasteiger partial charge in [0.1, 0.15) is 5.78 Å². The van der Waals surface area contributed by atoms with Crippen LogP contribution in [0.5, 0.6) is 0 Å². The molecule has 1 aromatic carbocycles. The van der Waals surface area contributed by atoms with Crippen LogP contribution in [0.3, 0.4) is 0 Å². The SMILES string of the molecule is CC(=O)[C@@]1(Cc2ccccc2)CC[C@H]2[C@@H]3CC=C4CC(O)CC[C@]4(C)[C@H]3CC[C@@]21C. The first-order valence-electron chi connectivity index (χ1n) is 12.2. The molecule has 162 valence electrons. The first-order chi connectivity index (χ1) is 14.3. The molecule has 1 aromatic rings. The Morgan fingerprint density at radius 3 is 2.50 bits per heavy atom. The van der Waals surface area contributed by atoms with Crippen LogP contribution in [-0.2, 0) is 11.2 Å². The first kappa shape index (κ1) is 20.5. The molecule has 0 radical (unpaired) electrons. The Kier molecular flexibility index (Phi) is 4.82. The van der Waals surface area contributed by atoms with Gasteiger partial charge in [0.05, 0.1) is 6.10 Å². The summed E-state index contributed by atoms with van der Waals surface area (Å²) in [6, 6.07) is 10.7. The second kappa shape index (κ2) is 7.05. The molecule has 4 aliphatic carbocycles. The molecule has 5 rings (SSSR count). The maximum Gasteiger partial charge on any atom is 0.136 e. The van der Waals surface area contributed by atoms with Crippen molar-refractivity contribution in [2.45, 2.75) is 84.7 Å². The highest BCUT2D eigenvalue weighted by Gasteiger charge is 2.65. The third-order valence-corrected chi connectivity index (χ3v) is 10.5. The van der Waals surface area contributed by atoms with Gasteiger partial charge in [0.25, 0.3) is 0 Å². The summed E-state index contributed by atoms with van der Waals surface area (Å²) in [5, 5.41) is 10.2. The van der Waals surface area contributed by atoms with E-state index in [1.165, 1.54) is 30.4 Å². The smallest absolute Gasteiger partial charge is 0.136 e. The van der Waals surface area contributed by atoms with Gasteiger partial charge in [-0.3, -0.25) is 4.79 Å². The molecule has 30 heavy (non-hydrogen) atoms. The lowest BCUT2D eigenvalue weighted by molar-refractivity contribution is -0.140. The summed E-state index contributed by atoms with van der Waals surface area (Å²) in [5.41, 5.74) is 3.01. The average molecular weight is 407 g/mol. The van der Waals surface area contributed by atoms with Gasteiger partial charge < -0.3 is 5.11 Å². The minimum atomic E-state index is -0.211. The fraction of sp³-hybridized carbons (Fsp3) is 0.679. The van der Waals surface area contributed by atoms with Crippen molar-refractivity contribution >= 4 is 5.78 Å². The number of benzene rings is 1. The monoisotopic (exact) mass is 406 g/mol. The largest absolute Gasteiger partial charge is 0.393 e. The van der Waals surface area contributed by atoms with Crippen molar-refractivity contribution in [3.05, 3.63) is 47.5 Å². The Hall–Kier alpha value is -1.41. The van der Waals surface area contributed by atoms with Gasteiger partial charge in [-0.05, 0) is 98.9 Å². The van der Waals surface area contributed by atoms with Crippen molar-refractivity contribution in [2.24, 2.45) is 34.0 Å². The number of carbonyl (C=O) groups excluding carboxylic acids is 1.